The van der Waals surface area contributed by atoms with E-state index < -0.39 is 24.1 Å². The van der Waals surface area contributed by atoms with Crippen LogP contribution in [-0.2, 0) is 19.1 Å². The van der Waals surface area contributed by atoms with E-state index in [1.165, 1.54) is 0 Å². The molecule has 174 valence electrons. The second kappa shape index (κ2) is 10.9. The number of hydrogen-bond donors (Lipinski definition) is 2. The summed E-state index contributed by atoms with van der Waals surface area (Å²) in [5.74, 6) is 0.126. The first-order valence-electron chi connectivity index (χ1n) is 11.8. The molecule has 8 atom stereocenters. The van der Waals surface area contributed by atoms with Gasteiger partial charge in [-0.05, 0) is 61.2 Å². The number of carbonyl (C=O) groups excluding carboxylic acids is 2. The summed E-state index contributed by atoms with van der Waals surface area (Å²) in [6, 6.07) is 0. The summed E-state index contributed by atoms with van der Waals surface area (Å²) in [5, 5.41) is 20.6. The summed E-state index contributed by atoms with van der Waals surface area (Å²) in [5.41, 5.74) is 0. The van der Waals surface area contributed by atoms with Gasteiger partial charge < -0.3 is 19.7 Å². The van der Waals surface area contributed by atoms with Crippen LogP contribution in [0.15, 0.2) is 0 Å². The van der Waals surface area contributed by atoms with Gasteiger partial charge in [-0.2, -0.15) is 0 Å². The molecule has 2 fully saturated rings. The molecule has 6 heteroatoms. The number of hydrogen-bond acceptors (Lipinski definition) is 6. The molecule has 0 aromatic heterocycles. The Balaban J connectivity index is 1.96. The summed E-state index contributed by atoms with van der Waals surface area (Å²) < 4.78 is 11.2. The van der Waals surface area contributed by atoms with Crippen molar-refractivity contribution in [1.29, 1.82) is 0 Å². The lowest BCUT2D eigenvalue weighted by molar-refractivity contribution is -0.185. The summed E-state index contributed by atoms with van der Waals surface area (Å²) in [6.45, 7) is 12.6. The highest BCUT2D eigenvalue weighted by atomic mass is 16.6. The zero-order valence-electron chi connectivity index (χ0n) is 19.5. The highest BCUT2D eigenvalue weighted by Gasteiger charge is 2.40. The Kier molecular flexibility index (Phi) is 9.16. The van der Waals surface area contributed by atoms with Gasteiger partial charge in [0.1, 0.15) is 12.2 Å². The molecule has 0 radical (unpaired) electrons. The summed E-state index contributed by atoms with van der Waals surface area (Å²) in [4.78, 5) is 25.0. The zero-order valence-corrected chi connectivity index (χ0v) is 19.5. The molecule has 2 aliphatic rings. The Morgan fingerprint density at radius 2 is 1.03 bits per heavy atom. The smallest absolute Gasteiger partial charge is 0.338 e. The van der Waals surface area contributed by atoms with E-state index in [4.69, 9.17) is 9.47 Å². The van der Waals surface area contributed by atoms with Crippen LogP contribution < -0.4 is 0 Å². The molecule has 0 amide bonds. The average molecular weight is 427 g/mol. The fourth-order valence-electron chi connectivity index (χ4n) is 5.20. The van der Waals surface area contributed by atoms with Crippen molar-refractivity contribution in [3.05, 3.63) is 0 Å². The topological polar surface area (TPSA) is 93.1 Å². The van der Waals surface area contributed by atoms with Crippen molar-refractivity contribution in [3.8, 4) is 0 Å². The molecule has 0 saturated heterocycles. The predicted molar refractivity (Wildman–Crippen MR) is 114 cm³/mol. The third kappa shape index (κ3) is 6.43. The van der Waals surface area contributed by atoms with Gasteiger partial charge in [-0.1, -0.05) is 54.4 Å². The first kappa shape index (κ1) is 25.1. The predicted octanol–water partition coefficient (Wildman–Crippen LogP) is 3.72. The van der Waals surface area contributed by atoms with Gasteiger partial charge in [-0.3, -0.25) is 0 Å². The van der Waals surface area contributed by atoms with Crippen LogP contribution >= 0.6 is 0 Å². The van der Waals surface area contributed by atoms with Gasteiger partial charge in [0.25, 0.3) is 0 Å². The molecule has 0 heterocycles. The Hall–Kier alpha value is -1.14. The molecule has 0 bridgehead atoms. The number of esters is 2. The monoisotopic (exact) mass is 426 g/mol. The average Bonchev–Trinajstić information content (AvgIpc) is 2.66. The van der Waals surface area contributed by atoms with Crippen molar-refractivity contribution in [1.82, 2.24) is 0 Å². The molecule has 6 nitrogen and oxygen atoms in total. The number of aliphatic hydroxyl groups is 2. The van der Waals surface area contributed by atoms with E-state index >= 15 is 0 Å². The van der Waals surface area contributed by atoms with Crippen LogP contribution in [0.5, 0.6) is 0 Å². The largest absolute Gasteiger partial charge is 0.460 e. The van der Waals surface area contributed by atoms with Gasteiger partial charge in [0.05, 0.1) is 0 Å². The van der Waals surface area contributed by atoms with E-state index in [1.54, 1.807) is 0 Å². The molecule has 0 aromatic rings. The molecule has 2 N–H and O–H groups in total. The van der Waals surface area contributed by atoms with Gasteiger partial charge in [0, 0.05) is 0 Å². The summed E-state index contributed by atoms with van der Waals surface area (Å²) >= 11 is 0. The van der Waals surface area contributed by atoms with Gasteiger partial charge in [0.2, 0.25) is 0 Å². The Labute approximate surface area is 181 Å². The molecule has 0 aromatic carbocycles. The Morgan fingerprint density at radius 1 is 0.700 bits per heavy atom. The minimum absolute atomic E-state index is 0.219. The maximum absolute atomic E-state index is 12.5. The fraction of sp³-hybridized carbons (Fsp3) is 0.917. The first-order valence-corrected chi connectivity index (χ1v) is 11.8. The van der Waals surface area contributed by atoms with Crippen LogP contribution in [0.25, 0.3) is 0 Å². The van der Waals surface area contributed by atoms with E-state index in [1.807, 2.05) is 0 Å². The number of carbonyl (C=O) groups is 2. The summed E-state index contributed by atoms with van der Waals surface area (Å²) in [7, 11) is 0. The zero-order chi connectivity index (χ0) is 22.6. The van der Waals surface area contributed by atoms with E-state index in [2.05, 4.69) is 41.5 Å². The molecule has 0 spiro atoms. The van der Waals surface area contributed by atoms with Crippen LogP contribution in [0.1, 0.15) is 80.1 Å². The third-order valence-corrected chi connectivity index (χ3v) is 7.24. The highest BCUT2D eigenvalue weighted by molar-refractivity contribution is 5.85. The van der Waals surface area contributed by atoms with Gasteiger partial charge in [-0.25, -0.2) is 9.59 Å². The van der Waals surface area contributed by atoms with Gasteiger partial charge >= 0.3 is 11.9 Å². The minimum Gasteiger partial charge on any atom is -0.460 e. The molecule has 2 aliphatic carbocycles. The quantitative estimate of drug-likeness (QED) is 0.603. The maximum atomic E-state index is 12.5. The lowest BCUT2D eigenvalue weighted by Crippen LogP contribution is -2.47. The molecular formula is C24H42O6. The Morgan fingerprint density at radius 3 is 1.33 bits per heavy atom. The molecular weight excluding hydrogens is 384 g/mol. The van der Waals surface area contributed by atoms with E-state index in [0.29, 0.717) is 23.7 Å². The molecule has 3 unspecified atom stereocenters. The van der Waals surface area contributed by atoms with Crippen LogP contribution in [0.4, 0.5) is 0 Å². The fourth-order valence-corrected chi connectivity index (χ4v) is 5.20. The van der Waals surface area contributed by atoms with Crippen LogP contribution in [0.2, 0.25) is 0 Å². The van der Waals surface area contributed by atoms with E-state index in [9.17, 15) is 19.8 Å². The molecule has 2 saturated carbocycles. The van der Waals surface area contributed by atoms with Crippen LogP contribution in [-0.4, -0.2) is 46.6 Å². The van der Waals surface area contributed by atoms with E-state index in [-0.39, 0.29) is 24.0 Å². The second-order valence-corrected chi connectivity index (χ2v) is 10.5. The molecule has 2 rings (SSSR count). The lowest BCUT2D eigenvalue weighted by atomic mass is 9.75. The van der Waals surface area contributed by atoms with Gasteiger partial charge in [-0.15, -0.1) is 0 Å². The van der Waals surface area contributed by atoms with Crippen molar-refractivity contribution in [2.45, 2.75) is 104 Å². The Bertz CT molecular complexity index is 524. The van der Waals surface area contributed by atoms with Crippen LogP contribution in [0.3, 0.4) is 0 Å². The first-order chi connectivity index (χ1) is 14.0. The third-order valence-electron chi connectivity index (χ3n) is 7.24. The standard InChI is InChI=1S/C24H42O6/c1-13(2)17-9-7-15(5)11-19(17)29-23(27)21(25)22(26)24(28)30-20-12-16(6)8-10-18(20)14(3)4/h13-22,25-26H,7-12H2,1-6H3/t15-,16-,17+,18+,19+,20?,21?,22?/m1/s1. The number of rotatable bonds is 7. The maximum Gasteiger partial charge on any atom is 0.338 e. The summed E-state index contributed by atoms with van der Waals surface area (Å²) in [6.07, 6.45) is 1.11. The van der Waals surface area contributed by atoms with Gasteiger partial charge in [0.15, 0.2) is 12.2 Å². The minimum atomic E-state index is -1.93. The second-order valence-electron chi connectivity index (χ2n) is 10.5. The van der Waals surface area contributed by atoms with Crippen molar-refractivity contribution >= 4 is 11.9 Å². The number of aliphatic hydroxyl groups excluding tert-OH is 2. The van der Waals surface area contributed by atoms with Crippen molar-refractivity contribution in [3.63, 3.8) is 0 Å². The van der Waals surface area contributed by atoms with Crippen LogP contribution in [0, 0.1) is 35.5 Å². The molecule has 30 heavy (non-hydrogen) atoms. The SMILES string of the molecule is CC(C)[C@@H]1CC[C@@H](C)CC1OC(=O)C(O)C(O)C(=O)O[C@H]1C[C@H](C)CC[C@H]1C(C)C. The van der Waals surface area contributed by atoms with Crippen molar-refractivity contribution < 1.29 is 29.3 Å². The van der Waals surface area contributed by atoms with Crippen molar-refractivity contribution in [2.24, 2.45) is 35.5 Å². The lowest BCUT2D eigenvalue weighted by Gasteiger charge is -2.38. The number of ether oxygens (including phenoxy) is 2. The normalized spacial score (nSPS) is 34.5. The highest BCUT2D eigenvalue weighted by Crippen LogP contribution is 2.37. The van der Waals surface area contributed by atoms with E-state index in [0.717, 1.165) is 38.5 Å². The van der Waals surface area contributed by atoms with Crippen molar-refractivity contribution in [2.75, 3.05) is 0 Å². The molecule has 0 aliphatic heterocycles.